The van der Waals surface area contributed by atoms with Gasteiger partial charge in [0.15, 0.2) is 0 Å². The van der Waals surface area contributed by atoms with E-state index in [2.05, 4.69) is 16.0 Å². The van der Waals surface area contributed by atoms with Gasteiger partial charge in [-0.15, -0.1) is 11.6 Å². The Bertz CT molecular complexity index is 3930. The summed E-state index contributed by atoms with van der Waals surface area (Å²) < 4.78 is 27.2. The number of carbonyl (C=O) groups excluding carboxylic acids is 6. The normalized spacial score (nSPS) is 12.7. The zero-order chi connectivity index (χ0) is 66.0. The highest BCUT2D eigenvalue weighted by molar-refractivity contribution is 6.30. The zero-order valence-electron chi connectivity index (χ0n) is 53.5. The lowest BCUT2D eigenvalue weighted by Gasteiger charge is -2.26. The Morgan fingerprint density at radius 2 is 0.699 bits per heavy atom. The summed E-state index contributed by atoms with van der Waals surface area (Å²) in [7, 11) is 0. The highest BCUT2D eigenvalue weighted by Crippen LogP contribution is 2.41. The van der Waals surface area contributed by atoms with Crippen LogP contribution in [0.2, 0.25) is 0 Å². The predicted molar refractivity (Wildman–Crippen MR) is 366 cm³/mol. The summed E-state index contributed by atoms with van der Waals surface area (Å²) in [5.41, 5.74) is 14.1. The molecule has 0 fully saturated rings. The summed E-state index contributed by atoms with van der Waals surface area (Å²) in [5, 5.41) is 8.31. The third-order valence-corrected chi connectivity index (χ3v) is 15.4. The largest absolute Gasteiger partial charge is 0.444 e. The number of hydrogen-bond acceptors (Lipinski definition) is 11. The van der Waals surface area contributed by atoms with Gasteiger partial charge in [0.25, 0.3) is 11.8 Å². The van der Waals surface area contributed by atoms with E-state index < -0.39 is 23.9 Å². The molecule has 0 aliphatic carbocycles. The van der Waals surface area contributed by atoms with Crippen LogP contribution in [0.5, 0.6) is 0 Å². The molecule has 3 heterocycles. The summed E-state index contributed by atoms with van der Waals surface area (Å²) in [4.78, 5) is 81.1. The molecule has 482 valence electrons. The first-order chi connectivity index (χ1) is 44.8. The van der Waals surface area contributed by atoms with Gasteiger partial charge in [-0.05, 0) is 186 Å². The maximum Gasteiger partial charge on any atom is 0.412 e. The average Bonchev–Trinajstić information content (AvgIpc) is 1.74. The van der Waals surface area contributed by atoms with Crippen LogP contribution in [0.3, 0.4) is 0 Å². The fourth-order valence-corrected chi connectivity index (χ4v) is 11.0. The van der Waals surface area contributed by atoms with Crippen LogP contribution in [0.25, 0.3) is 0 Å². The van der Waals surface area contributed by atoms with Crippen molar-refractivity contribution in [1.29, 1.82) is 0 Å². The van der Waals surface area contributed by atoms with Gasteiger partial charge in [-0.25, -0.2) is 14.4 Å². The van der Waals surface area contributed by atoms with Crippen molar-refractivity contribution in [3.8, 4) is 0 Å². The first-order valence-electron chi connectivity index (χ1n) is 31.2. The molecule has 18 heteroatoms. The van der Waals surface area contributed by atoms with Crippen LogP contribution in [0.1, 0.15) is 93.0 Å². The van der Waals surface area contributed by atoms with Gasteiger partial charge in [0.1, 0.15) is 37.9 Å². The molecule has 0 radical (unpaired) electrons. The minimum Gasteiger partial charge on any atom is -0.444 e. The van der Waals surface area contributed by atoms with Gasteiger partial charge < -0.3 is 23.7 Å². The highest BCUT2D eigenvalue weighted by atomic mass is 35.5. The van der Waals surface area contributed by atoms with Crippen LogP contribution in [-0.2, 0) is 89.8 Å². The lowest BCUT2D eigenvalue weighted by molar-refractivity contribution is -0.124. The van der Waals surface area contributed by atoms with E-state index in [9.17, 15) is 28.8 Å². The topological polar surface area (TPSA) is 194 Å². The molecule has 0 saturated carbocycles. The number of ether oxygens (including phenoxy) is 5. The van der Waals surface area contributed by atoms with Crippen molar-refractivity contribution in [3.05, 3.63) is 233 Å². The Morgan fingerprint density at radius 3 is 1.02 bits per heavy atom. The molecular formula is C75H79ClN6O11. The maximum absolute atomic E-state index is 13.3. The monoisotopic (exact) mass is 1270 g/mol. The smallest absolute Gasteiger partial charge is 0.412 e. The summed E-state index contributed by atoms with van der Waals surface area (Å²) in [5.74, 6) is -0.641. The molecule has 8 aromatic rings. The Hall–Kier alpha value is -9.81. The molecule has 0 saturated heterocycles. The minimum absolute atomic E-state index is 0.0187. The maximum atomic E-state index is 13.3. The lowest BCUT2D eigenvalue weighted by atomic mass is 10.0. The van der Waals surface area contributed by atoms with Gasteiger partial charge >= 0.3 is 18.3 Å². The molecule has 8 aromatic carbocycles. The fraction of sp³-hybridized carbons (Fsp3) is 0.280. The quantitative estimate of drug-likeness (QED) is 0.0692. The van der Waals surface area contributed by atoms with E-state index >= 15 is 0 Å². The summed E-state index contributed by atoms with van der Waals surface area (Å²) in [6.45, 7) is 13.4. The number of nitrogens with one attached hydrogen (secondary N) is 3. The van der Waals surface area contributed by atoms with E-state index in [4.69, 9.17) is 35.3 Å². The second-order valence-corrected chi connectivity index (χ2v) is 24.2. The van der Waals surface area contributed by atoms with E-state index in [0.717, 1.165) is 117 Å². The van der Waals surface area contributed by atoms with Crippen molar-refractivity contribution in [2.75, 3.05) is 49.7 Å². The Kier molecular flexibility index (Phi) is 23.2. The van der Waals surface area contributed by atoms with E-state index in [1.54, 1.807) is 20.8 Å². The number of halogens is 1. The molecular weight excluding hydrogens is 1200 g/mol. The number of amides is 6. The standard InChI is InChI=1S/C27H28N2O4.C24H21ClN2O3.C24H30N2O4/c1-19(2)32-18-26(30)29-24-11-7-6-10-21(24)12-13-22-14-15-23(16-25(22)29)28-27(31)33-17-20-8-4-3-5-9-20;25-15-23(28)27-21-9-5-4-8-18(21)10-11-19-12-13-20(14-22(19)27)26-24(29)30-16-17-6-2-1-3-7-17;1-16(2)29-15-22(27)26-20-9-7-6-8-17(20)10-11-18-12-13-19(14-21(18)26)25-23(28)30-24(3,4)5/h3-11,14-16,19H,12-13,17-18H2,1-2H3,(H,28,31);1-9,12-14H,10-11,15-16H2,(H,26,29);6-9,12-14,16H,10-11,15H2,1-5H3,(H,25,28). The van der Waals surface area contributed by atoms with Crippen molar-refractivity contribution < 1.29 is 52.5 Å². The van der Waals surface area contributed by atoms with E-state index in [1.165, 1.54) is 0 Å². The van der Waals surface area contributed by atoms with Gasteiger partial charge in [-0.1, -0.05) is 133 Å². The van der Waals surface area contributed by atoms with Crippen molar-refractivity contribution in [3.63, 3.8) is 0 Å². The molecule has 3 aliphatic heterocycles. The van der Waals surface area contributed by atoms with E-state index in [1.807, 2.05) is 230 Å². The molecule has 93 heavy (non-hydrogen) atoms. The number of nitrogens with zero attached hydrogens (tertiary/aromatic N) is 3. The van der Waals surface area contributed by atoms with Crippen LogP contribution < -0.4 is 30.7 Å². The molecule has 17 nitrogen and oxygen atoms in total. The lowest BCUT2D eigenvalue weighted by Crippen LogP contribution is -2.31. The van der Waals surface area contributed by atoms with Crippen LogP contribution >= 0.6 is 11.6 Å². The number of alkyl halides is 1. The highest BCUT2D eigenvalue weighted by Gasteiger charge is 2.30. The third kappa shape index (κ3) is 18.7. The molecule has 0 unspecified atom stereocenters. The first-order valence-corrected chi connectivity index (χ1v) is 31.7. The Labute approximate surface area is 548 Å². The van der Waals surface area contributed by atoms with Crippen LogP contribution in [0, 0.1) is 0 Å². The van der Waals surface area contributed by atoms with Gasteiger partial charge in [-0.2, -0.15) is 0 Å². The number of anilines is 9. The number of rotatable bonds is 14. The molecule has 0 aromatic heterocycles. The second kappa shape index (κ2) is 32.0. The van der Waals surface area contributed by atoms with Crippen LogP contribution in [0.4, 0.5) is 65.6 Å². The number of carbonyl (C=O) groups is 6. The van der Waals surface area contributed by atoms with Crippen molar-refractivity contribution in [1.82, 2.24) is 0 Å². The average molecular weight is 1280 g/mol. The van der Waals surface area contributed by atoms with Crippen LogP contribution in [0.15, 0.2) is 188 Å². The first kappa shape index (κ1) is 67.6. The fourth-order valence-electron chi connectivity index (χ4n) is 10.8. The van der Waals surface area contributed by atoms with Crippen LogP contribution in [-0.4, -0.2) is 72.9 Å². The molecule has 3 aliphatic rings. The summed E-state index contributed by atoms with van der Waals surface area (Å²) in [6, 6.07) is 59.4. The molecule has 6 amide bonds. The third-order valence-electron chi connectivity index (χ3n) is 15.2. The van der Waals surface area contributed by atoms with Crippen molar-refractivity contribution in [2.24, 2.45) is 0 Å². The predicted octanol–water partition coefficient (Wildman–Crippen LogP) is 16.3. The minimum atomic E-state index is -0.592. The van der Waals surface area contributed by atoms with Crippen molar-refractivity contribution in [2.45, 2.75) is 118 Å². The van der Waals surface area contributed by atoms with Gasteiger partial charge in [0.2, 0.25) is 5.91 Å². The number of aryl methyl sites for hydroxylation is 6. The molecule has 3 N–H and O–H groups in total. The van der Waals surface area contributed by atoms with Gasteiger partial charge in [0, 0.05) is 17.1 Å². The number of hydrogen-bond donors (Lipinski definition) is 3. The van der Waals surface area contributed by atoms with Gasteiger partial charge in [0.05, 0.1) is 46.3 Å². The number of fused-ring (bicyclic) bond motifs is 6. The van der Waals surface area contributed by atoms with E-state index in [0.29, 0.717) is 17.1 Å². The zero-order valence-corrected chi connectivity index (χ0v) is 54.3. The number of para-hydroxylation sites is 3. The Morgan fingerprint density at radius 1 is 0.398 bits per heavy atom. The molecule has 0 bridgehead atoms. The summed E-state index contributed by atoms with van der Waals surface area (Å²) in [6.07, 6.45) is 3.13. The Balaban J connectivity index is 0.000000165. The molecule has 11 rings (SSSR count). The van der Waals surface area contributed by atoms with E-state index in [-0.39, 0.29) is 62.2 Å². The number of benzene rings is 8. The molecule has 0 spiro atoms. The van der Waals surface area contributed by atoms with Crippen molar-refractivity contribution >= 4 is 98.8 Å². The molecule has 0 atom stereocenters. The second-order valence-electron chi connectivity index (χ2n) is 24.0. The summed E-state index contributed by atoms with van der Waals surface area (Å²) >= 11 is 5.91. The SMILES string of the molecule is CC(C)OCC(=O)N1c2ccccc2CCc2ccc(NC(=O)OC(C)(C)C)cc21.CC(C)OCC(=O)N1c2ccccc2CCc2ccc(NC(=O)OCc3ccccc3)cc21.O=C(Nc1ccc2c(c1)N(C(=O)CCl)c1ccccc1CC2)OCc1ccccc1. The van der Waals surface area contributed by atoms with Gasteiger partial charge in [-0.3, -0.25) is 45.0 Å².